The van der Waals surface area contributed by atoms with Gasteiger partial charge in [-0.25, -0.2) is 4.39 Å². The molecule has 0 radical (unpaired) electrons. The standard InChI is InChI=1S/C17H21FN2O/c1-9-6-12-13(17(19)21)7-14(18)16(15(12)10(9)2)11-4-3-5-20-8-11/h7,11,20H,3-6,8H2,1-2H3,(H2,19,21). The number of rotatable bonds is 2. The first-order valence-electron chi connectivity index (χ1n) is 7.53. The highest BCUT2D eigenvalue weighted by Gasteiger charge is 2.30. The zero-order valence-corrected chi connectivity index (χ0v) is 12.6. The molecule has 1 unspecified atom stereocenters. The van der Waals surface area contributed by atoms with E-state index in [1.807, 2.05) is 13.8 Å². The minimum absolute atomic E-state index is 0.176. The molecule has 1 aromatic rings. The number of halogens is 1. The number of piperidine rings is 1. The summed E-state index contributed by atoms with van der Waals surface area (Å²) >= 11 is 0. The Kier molecular flexibility index (Phi) is 3.57. The predicted molar refractivity (Wildman–Crippen MR) is 81.7 cm³/mol. The first kappa shape index (κ1) is 14.3. The number of nitrogens with two attached hydrogens (primary N) is 1. The van der Waals surface area contributed by atoms with Gasteiger partial charge in [0.1, 0.15) is 5.82 Å². The molecule has 1 saturated heterocycles. The third-order valence-electron chi connectivity index (χ3n) is 4.85. The summed E-state index contributed by atoms with van der Waals surface area (Å²) in [5, 5.41) is 3.34. The number of nitrogens with one attached hydrogen (secondary N) is 1. The Balaban J connectivity index is 2.21. The Hall–Kier alpha value is -1.68. The number of carbonyl (C=O) groups excluding carboxylic acids is 1. The number of allylic oxidation sites excluding steroid dienone is 2. The quantitative estimate of drug-likeness (QED) is 0.879. The second-order valence-electron chi connectivity index (χ2n) is 6.16. The van der Waals surface area contributed by atoms with Gasteiger partial charge in [-0.1, -0.05) is 5.57 Å². The van der Waals surface area contributed by atoms with E-state index in [-0.39, 0.29) is 11.7 Å². The molecule has 1 aromatic carbocycles. The van der Waals surface area contributed by atoms with Gasteiger partial charge < -0.3 is 11.1 Å². The number of hydrogen-bond donors (Lipinski definition) is 2. The molecule has 1 amide bonds. The van der Waals surface area contributed by atoms with E-state index in [0.29, 0.717) is 12.0 Å². The van der Waals surface area contributed by atoms with Crippen molar-refractivity contribution >= 4 is 11.5 Å². The molecule has 2 aliphatic rings. The molecule has 1 aliphatic carbocycles. The average molecular weight is 288 g/mol. The summed E-state index contributed by atoms with van der Waals surface area (Å²) in [7, 11) is 0. The van der Waals surface area contributed by atoms with Gasteiger partial charge >= 0.3 is 0 Å². The van der Waals surface area contributed by atoms with Crippen LogP contribution in [0.5, 0.6) is 0 Å². The zero-order chi connectivity index (χ0) is 15.1. The lowest BCUT2D eigenvalue weighted by atomic mass is 9.83. The topological polar surface area (TPSA) is 55.1 Å². The summed E-state index contributed by atoms with van der Waals surface area (Å²) in [4.78, 5) is 11.6. The smallest absolute Gasteiger partial charge is 0.249 e. The highest BCUT2D eigenvalue weighted by Crippen LogP contribution is 2.42. The van der Waals surface area contributed by atoms with Crippen LogP contribution in [0.15, 0.2) is 11.6 Å². The molecular weight excluding hydrogens is 267 g/mol. The molecule has 4 heteroatoms. The summed E-state index contributed by atoms with van der Waals surface area (Å²) in [5.74, 6) is -0.651. The summed E-state index contributed by atoms with van der Waals surface area (Å²) in [6.45, 7) is 5.85. The highest BCUT2D eigenvalue weighted by molar-refractivity contribution is 5.97. The summed E-state index contributed by atoms with van der Waals surface area (Å²) in [6, 6.07) is 1.34. The number of amides is 1. The van der Waals surface area contributed by atoms with Gasteiger partial charge in [0.05, 0.1) is 0 Å². The monoisotopic (exact) mass is 288 g/mol. The number of primary amides is 1. The predicted octanol–water partition coefficient (Wildman–Crippen LogP) is 2.74. The lowest BCUT2D eigenvalue weighted by molar-refractivity contribution is 0.0999. The van der Waals surface area contributed by atoms with Gasteiger partial charge in [-0.15, -0.1) is 0 Å². The van der Waals surface area contributed by atoms with Crippen molar-refractivity contribution in [3.8, 4) is 0 Å². The van der Waals surface area contributed by atoms with Gasteiger partial charge in [-0.05, 0) is 73.9 Å². The van der Waals surface area contributed by atoms with Gasteiger partial charge in [-0.3, -0.25) is 4.79 Å². The molecule has 0 spiro atoms. The summed E-state index contributed by atoms with van der Waals surface area (Å²) in [5.41, 5.74) is 10.7. The van der Waals surface area contributed by atoms with E-state index in [9.17, 15) is 9.18 Å². The summed E-state index contributed by atoms with van der Waals surface area (Å²) in [6.07, 6.45) is 2.74. The van der Waals surface area contributed by atoms with Crippen LogP contribution in [0, 0.1) is 5.82 Å². The van der Waals surface area contributed by atoms with Gasteiger partial charge in [0, 0.05) is 12.1 Å². The van der Waals surface area contributed by atoms with Crippen molar-refractivity contribution in [2.45, 2.75) is 39.0 Å². The number of fused-ring (bicyclic) bond motifs is 1. The van der Waals surface area contributed by atoms with Crippen LogP contribution < -0.4 is 11.1 Å². The van der Waals surface area contributed by atoms with E-state index in [0.717, 1.165) is 48.2 Å². The maximum absolute atomic E-state index is 14.7. The van der Waals surface area contributed by atoms with Crippen molar-refractivity contribution in [3.05, 3.63) is 39.7 Å². The minimum atomic E-state index is -0.541. The average Bonchev–Trinajstić information content (AvgIpc) is 2.75. The van der Waals surface area contributed by atoms with Crippen LogP contribution >= 0.6 is 0 Å². The first-order chi connectivity index (χ1) is 10.0. The van der Waals surface area contributed by atoms with Crippen LogP contribution in [0.3, 0.4) is 0 Å². The normalized spacial score (nSPS) is 21.6. The minimum Gasteiger partial charge on any atom is -0.366 e. The number of hydrogen-bond acceptors (Lipinski definition) is 2. The van der Waals surface area contributed by atoms with Crippen LogP contribution in [-0.4, -0.2) is 19.0 Å². The molecular formula is C17H21FN2O. The fourth-order valence-corrected chi connectivity index (χ4v) is 3.65. The van der Waals surface area contributed by atoms with Crippen molar-refractivity contribution in [2.75, 3.05) is 13.1 Å². The molecule has 3 rings (SSSR count). The van der Waals surface area contributed by atoms with Crippen LogP contribution in [0.25, 0.3) is 5.57 Å². The summed E-state index contributed by atoms with van der Waals surface area (Å²) < 4.78 is 14.7. The van der Waals surface area contributed by atoms with E-state index in [1.165, 1.54) is 11.6 Å². The van der Waals surface area contributed by atoms with Crippen molar-refractivity contribution in [1.82, 2.24) is 5.32 Å². The van der Waals surface area contributed by atoms with Crippen LogP contribution in [0.2, 0.25) is 0 Å². The number of carbonyl (C=O) groups is 1. The van der Waals surface area contributed by atoms with Gasteiger partial charge in [0.15, 0.2) is 0 Å². The Bertz CT molecular complexity index is 643. The molecule has 1 aliphatic heterocycles. The Labute approximate surface area is 124 Å². The van der Waals surface area contributed by atoms with Crippen molar-refractivity contribution in [3.63, 3.8) is 0 Å². The Morgan fingerprint density at radius 1 is 1.43 bits per heavy atom. The fourth-order valence-electron chi connectivity index (χ4n) is 3.65. The molecule has 1 heterocycles. The van der Waals surface area contributed by atoms with Crippen molar-refractivity contribution in [1.29, 1.82) is 0 Å². The molecule has 112 valence electrons. The maximum atomic E-state index is 14.7. The van der Waals surface area contributed by atoms with Gasteiger partial charge in [0.25, 0.3) is 0 Å². The molecule has 3 N–H and O–H groups in total. The third kappa shape index (κ3) is 2.27. The van der Waals surface area contributed by atoms with E-state index in [4.69, 9.17) is 5.73 Å². The fraction of sp³-hybridized carbons (Fsp3) is 0.471. The molecule has 21 heavy (non-hydrogen) atoms. The van der Waals surface area contributed by atoms with Crippen LogP contribution in [0.1, 0.15) is 59.7 Å². The molecule has 3 nitrogen and oxygen atoms in total. The lowest BCUT2D eigenvalue weighted by Gasteiger charge is -2.26. The Morgan fingerprint density at radius 3 is 2.81 bits per heavy atom. The number of benzene rings is 1. The molecule has 1 fully saturated rings. The maximum Gasteiger partial charge on any atom is 0.249 e. The van der Waals surface area contributed by atoms with E-state index in [1.54, 1.807) is 0 Å². The van der Waals surface area contributed by atoms with Crippen LogP contribution in [-0.2, 0) is 6.42 Å². The first-order valence-corrected chi connectivity index (χ1v) is 7.53. The molecule has 0 saturated carbocycles. The zero-order valence-electron chi connectivity index (χ0n) is 12.6. The Morgan fingerprint density at radius 2 is 2.19 bits per heavy atom. The second-order valence-corrected chi connectivity index (χ2v) is 6.16. The SMILES string of the molecule is CC1=C(C)c2c(c(C(N)=O)cc(F)c2C2CCCNC2)C1. The second kappa shape index (κ2) is 5.26. The molecule has 0 aromatic heterocycles. The van der Waals surface area contributed by atoms with E-state index < -0.39 is 5.91 Å². The van der Waals surface area contributed by atoms with Crippen molar-refractivity contribution in [2.24, 2.45) is 5.73 Å². The third-order valence-corrected chi connectivity index (χ3v) is 4.85. The highest BCUT2D eigenvalue weighted by atomic mass is 19.1. The molecule has 0 bridgehead atoms. The van der Waals surface area contributed by atoms with Gasteiger partial charge in [-0.2, -0.15) is 0 Å². The van der Waals surface area contributed by atoms with Crippen molar-refractivity contribution < 1.29 is 9.18 Å². The largest absolute Gasteiger partial charge is 0.366 e. The van der Waals surface area contributed by atoms with E-state index >= 15 is 0 Å². The van der Waals surface area contributed by atoms with Crippen LogP contribution in [0.4, 0.5) is 4.39 Å². The van der Waals surface area contributed by atoms with E-state index in [2.05, 4.69) is 5.32 Å². The van der Waals surface area contributed by atoms with Gasteiger partial charge in [0.2, 0.25) is 5.91 Å². The molecule has 1 atom stereocenters. The lowest BCUT2D eigenvalue weighted by Crippen LogP contribution is -2.30.